The number of thioether (sulfide) groups is 1. The zero-order chi connectivity index (χ0) is 15.4. The van der Waals surface area contributed by atoms with Crippen LogP contribution in [0.1, 0.15) is 23.7 Å². The molecule has 0 aliphatic carbocycles. The Kier molecular flexibility index (Phi) is 5.25. The molecule has 1 aromatic carbocycles. The first-order chi connectivity index (χ1) is 10.0. The van der Waals surface area contributed by atoms with Crippen molar-refractivity contribution in [3.63, 3.8) is 0 Å². The number of nitrogens with two attached hydrogens (primary N) is 1. The molecule has 0 saturated carbocycles. The molecule has 1 aromatic heterocycles. The smallest absolute Gasteiger partial charge is 0.107 e. The minimum Gasteiger partial charge on any atom is -0.389 e. The van der Waals surface area contributed by atoms with E-state index in [9.17, 15) is 0 Å². The molecule has 0 fully saturated rings. The van der Waals surface area contributed by atoms with Crippen molar-refractivity contribution < 1.29 is 0 Å². The van der Waals surface area contributed by atoms with Crippen LogP contribution in [0.2, 0.25) is 0 Å². The molecule has 0 spiro atoms. The summed E-state index contributed by atoms with van der Waals surface area (Å²) >= 11 is 6.97. The summed E-state index contributed by atoms with van der Waals surface area (Å²) in [5.74, 6) is 0.987. The maximum absolute atomic E-state index is 5.91. The Morgan fingerprint density at radius 3 is 2.81 bits per heavy atom. The Bertz CT molecular complexity index is 649. The molecule has 4 nitrogen and oxygen atoms in total. The second-order valence-corrected chi connectivity index (χ2v) is 6.45. The van der Waals surface area contributed by atoms with Gasteiger partial charge in [-0.05, 0) is 24.8 Å². The van der Waals surface area contributed by atoms with Gasteiger partial charge in [-0.15, -0.1) is 11.8 Å². The number of nitrogens with one attached hydrogen (secondary N) is 1. The van der Waals surface area contributed by atoms with E-state index in [0.29, 0.717) is 11.5 Å². The number of aromatic nitrogens is 2. The second kappa shape index (κ2) is 6.95. The molecule has 21 heavy (non-hydrogen) atoms. The molecule has 3 N–H and O–H groups in total. The van der Waals surface area contributed by atoms with Crippen LogP contribution < -0.4 is 11.1 Å². The Morgan fingerprint density at radius 1 is 1.48 bits per heavy atom. The van der Waals surface area contributed by atoms with Crippen LogP contribution in [0.4, 0.5) is 5.69 Å². The van der Waals surface area contributed by atoms with Crippen molar-refractivity contribution in [2.24, 2.45) is 12.8 Å². The normalized spacial score (nSPS) is 10.6. The molecule has 0 aliphatic rings. The third-order valence-corrected chi connectivity index (χ3v) is 4.52. The molecule has 6 heteroatoms. The summed E-state index contributed by atoms with van der Waals surface area (Å²) in [6, 6.07) is 6.10. The van der Waals surface area contributed by atoms with E-state index in [4.69, 9.17) is 18.0 Å². The van der Waals surface area contributed by atoms with E-state index in [1.54, 1.807) is 11.8 Å². The number of anilines is 1. The fourth-order valence-corrected chi connectivity index (χ4v) is 3.25. The molecule has 0 unspecified atom stereocenters. The zero-order valence-corrected chi connectivity index (χ0v) is 14.1. The van der Waals surface area contributed by atoms with Gasteiger partial charge in [0.05, 0.1) is 6.20 Å². The largest absolute Gasteiger partial charge is 0.389 e. The lowest BCUT2D eigenvalue weighted by atomic mass is 10.1. The Hall–Kier alpha value is -1.53. The van der Waals surface area contributed by atoms with E-state index in [1.807, 2.05) is 30.1 Å². The minimum absolute atomic E-state index is 0.428. The van der Waals surface area contributed by atoms with Gasteiger partial charge in [-0.2, -0.15) is 5.10 Å². The summed E-state index contributed by atoms with van der Waals surface area (Å²) in [6.07, 6.45) is 1.88. The van der Waals surface area contributed by atoms with Gasteiger partial charge in [-0.25, -0.2) is 0 Å². The van der Waals surface area contributed by atoms with Crippen molar-refractivity contribution in [3.05, 3.63) is 41.2 Å². The van der Waals surface area contributed by atoms with Gasteiger partial charge in [0.25, 0.3) is 0 Å². The van der Waals surface area contributed by atoms with E-state index in [1.165, 1.54) is 5.56 Å². The van der Waals surface area contributed by atoms with Crippen LogP contribution in [0.3, 0.4) is 0 Å². The number of rotatable bonds is 6. The maximum Gasteiger partial charge on any atom is 0.107 e. The van der Waals surface area contributed by atoms with Crippen molar-refractivity contribution in [1.29, 1.82) is 0 Å². The molecule has 2 rings (SSSR count). The van der Waals surface area contributed by atoms with Gasteiger partial charge in [0.1, 0.15) is 4.99 Å². The van der Waals surface area contributed by atoms with E-state index < -0.39 is 0 Å². The molecule has 0 aliphatic heterocycles. The fraction of sp³-hybridized carbons (Fsp3) is 0.333. The monoisotopic (exact) mass is 320 g/mol. The quantitative estimate of drug-likeness (QED) is 0.633. The van der Waals surface area contributed by atoms with Gasteiger partial charge in [-0.3, -0.25) is 4.68 Å². The molecule has 2 aromatic rings. The summed E-state index contributed by atoms with van der Waals surface area (Å²) in [5, 5.41) is 7.68. The average Bonchev–Trinajstić information content (AvgIpc) is 2.76. The van der Waals surface area contributed by atoms with Crippen molar-refractivity contribution in [3.8, 4) is 0 Å². The van der Waals surface area contributed by atoms with Crippen LogP contribution in [-0.2, 0) is 13.6 Å². The summed E-state index contributed by atoms with van der Waals surface area (Å²) in [7, 11) is 1.94. The van der Waals surface area contributed by atoms with Crippen molar-refractivity contribution >= 4 is 34.7 Å². The van der Waals surface area contributed by atoms with Crippen LogP contribution >= 0.6 is 24.0 Å². The highest BCUT2D eigenvalue weighted by Gasteiger charge is 2.12. The van der Waals surface area contributed by atoms with Gasteiger partial charge < -0.3 is 11.1 Å². The highest BCUT2D eigenvalue weighted by atomic mass is 32.2. The summed E-state index contributed by atoms with van der Waals surface area (Å²) in [5.41, 5.74) is 10.1. The van der Waals surface area contributed by atoms with Crippen LogP contribution in [0, 0.1) is 6.92 Å². The SMILES string of the molecule is CCSc1cccc(NCc2cnn(C)c2C)c1C(N)=S. The van der Waals surface area contributed by atoms with E-state index in [-0.39, 0.29) is 0 Å². The molecule has 0 amide bonds. The van der Waals surface area contributed by atoms with E-state index >= 15 is 0 Å². The highest BCUT2D eigenvalue weighted by Crippen LogP contribution is 2.29. The van der Waals surface area contributed by atoms with Crippen LogP contribution in [-0.4, -0.2) is 20.5 Å². The summed E-state index contributed by atoms with van der Waals surface area (Å²) in [4.78, 5) is 1.55. The predicted octanol–water partition coefficient (Wildman–Crippen LogP) is 3.09. The summed E-state index contributed by atoms with van der Waals surface area (Å²) in [6.45, 7) is 4.88. The Balaban J connectivity index is 2.25. The van der Waals surface area contributed by atoms with E-state index in [2.05, 4.69) is 30.3 Å². The molecular weight excluding hydrogens is 300 g/mol. The first-order valence-electron chi connectivity index (χ1n) is 6.81. The number of hydrogen-bond acceptors (Lipinski definition) is 4. The lowest BCUT2D eigenvalue weighted by molar-refractivity contribution is 0.738. The Morgan fingerprint density at radius 2 is 2.24 bits per heavy atom. The van der Waals surface area contributed by atoms with Gasteiger partial charge in [-0.1, -0.05) is 25.2 Å². The molecular formula is C15H20N4S2. The lowest BCUT2D eigenvalue weighted by Crippen LogP contribution is -2.14. The average molecular weight is 320 g/mol. The van der Waals surface area contributed by atoms with Crippen LogP contribution in [0.5, 0.6) is 0 Å². The fourth-order valence-electron chi connectivity index (χ4n) is 2.12. The van der Waals surface area contributed by atoms with Crippen LogP contribution in [0.15, 0.2) is 29.3 Å². The number of hydrogen-bond donors (Lipinski definition) is 2. The van der Waals surface area contributed by atoms with Gasteiger partial charge >= 0.3 is 0 Å². The number of nitrogens with zero attached hydrogens (tertiary/aromatic N) is 2. The number of aryl methyl sites for hydroxylation is 1. The van der Waals surface area contributed by atoms with Crippen molar-refractivity contribution in [1.82, 2.24) is 9.78 Å². The first kappa shape index (κ1) is 15.9. The third-order valence-electron chi connectivity index (χ3n) is 3.38. The molecule has 0 bridgehead atoms. The molecule has 0 radical (unpaired) electrons. The maximum atomic E-state index is 5.91. The standard InChI is InChI=1S/C15H20N4S2/c1-4-21-13-7-5-6-12(14(13)15(16)20)17-8-11-9-18-19(3)10(11)2/h5-7,9,17H,4,8H2,1-3H3,(H2,16,20). The zero-order valence-electron chi connectivity index (χ0n) is 12.5. The topological polar surface area (TPSA) is 55.9 Å². The molecule has 0 saturated heterocycles. The van der Waals surface area contributed by atoms with Gasteiger partial charge in [0.2, 0.25) is 0 Å². The van der Waals surface area contributed by atoms with Gasteiger partial charge in [0.15, 0.2) is 0 Å². The highest BCUT2D eigenvalue weighted by molar-refractivity contribution is 7.99. The van der Waals surface area contributed by atoms with Crippen LogP contribution in [0.25, 0.3) is 0 Å². The third kappa shape index (κ3) is 3.57. The number of thiocarbonyl (C=S) groups is 1. The predicted molar refractivity (Wildman–Crippen MR) is 94.0 cm³/mol. The van der Waals surface area contributed by atoms with Gasteiger partial charge in [0, 0.05) is 41.0 Å². The molecule has 112 valence electrons. The number of benzene rings is 1. The summed E-state index contributed by atoms with van der Waals surface area (Å²) < 4.78 is 1.87. The van der Waals surface area contributed by atoms with Crippen molar-refractivity contribution in [2.75, 3.05) is 11.1 Å². The molecule has 0 atom stereocenters. The Labute approximate surface area is 135 Å². The van der Waals surface area contributed by atoms with Crippen molar-refractivity contribution in [2.45, 2.75) is 25.3 Å². The second-order valence-electron chi connectivity index (χ2n) is 4.71. The minimum atomic E-state index is 0.428. The first-order valence-corrected chi connectivity index (χ1v) is 8.21. The lowest BCUT2D eigenvalue weighted by Gasteiger charge is -2.14. The van der Waals surface area contributed by atoms with E-state index in [0.717, 1.165) is 27.6 Å². The molecule has 1 heterocycles.